The van der Waals surface area contributed by atoms with Crippen molar-refractivity contribution in [3.63, 3.8) is 0 Å². The van der Waals surface area contributed by atoms with Gasteiger partial charge in [0.05, 0.1) is 24.7 Å². The molecule has 1 N–H and O–H groups in total. The average Bonchev–Trinajstić information content (AvgIpc) is 2.71. The Kier molecular flexibility index (Phi) is 7.50. The number of ether oxygens (including phenoxy) is 2. The smallest absolute Gasteiger partial charge is 0.251 e. The van der Waals surface area contributed by atoms with Crippen LogP contribution in [0.25, 0.3) is 0 Å². The lowest BCUT2D eigenvalue weighted by Gasteiger charge is -2.18. The zero-order valence-corrected chi connectivity index (χ0v) is 18.2. The van der Waals surface area contributed by atoms with Crippen LogP contribution in [-0.2, 0) is 16.6 Å². The lowest BCUT2D eigenvalue weighted by Crippen LogP contribution is -2.28. The van der Waals surface area contributed by atoms with Crippen LogP contribution in [0.4, 0.5) is 5.69 Å². The second-order valence-corrected chi connectivity index (χ2v) is 9.04. The minimum absolute atomic E-state index is 0.0101. The molecule has 158 valence electrons. The van der Waals surface area contributed by atoms with Crippen LogP contribution in [-0.4, -0.2) is 40.3 Å². The van der Waals surface area contributed by atoms with Gasteiger partial charge >= 0.3 is 0 Å². The van der Waals surface area contributed by atoms with Crippen LogP contribution in [0.3, 0.4) is 0 Å². The molecule has 2 aromatic rings. The third-order valence-electron chi connectivity index (χ3n) is 4.32. The predicted octanol–water partition coefficient (Wildman–Crippen LogP) is 3.20. The van der Waals surface area contributed by atoms with Crippen molar-refractivity contribution in [2.45, 2.75) is 33.4 Å². The van der Waals surface area contributed by atoms with Gasteiger partial charge in [0.15, 0.2) is 11.5 Å². The molecular formula is C21H28N2O5S. The molecule has 0 unspecified atom stereocenters. The SMILES string of the molecule is CCS(=O)(=O)N(C)c1ccc(C(=O)NCc2ccc(OC(C)C)c(OC)c2)cc1. The van der Waals surface area contributed by atoms with Crippen molar-refractivity contribution in [2.75, 3.05) is 24.2 Å². The summed E-state index contributed by atoms with van der Waals surface area (Å²) in [6, 6.07) is 11.9. The van der Waals surface area contributed by atoms with E-state index in [9.17, 15) is 13.2 Å². The van der Waals surface area contributed by atoms with Crippen LogP contribution in [0.5, 0.6) is 11.5 Å². The summed E-state index contributed by atoms with van der Waals surface area (Å²) < 4.78 is 36.1. The number of nitrogens with one attached hydrogen (secondary N) is 1. The number of methoxy groups -OCH3 is 1. The van der Waals surface area contributed by atoms with E-state index in [1.54, 1.807) is 38.3 Å². The first kappa shape index (κ1) is 22.5. The number of hydrogen-bond acceptors (Lipinski definition) is 5. The summed E-state index contributed by atoms with van der Waals surface area (Å²) in [6.45, 7) is 5.79. The average molecular weight is 421 g/mol. The lowest BCUT2D eigenvalue weighted by molar-refractivity contribution is 0.0951. The Hall–Kier alpha value is -2.74. The van der Waals surface area contributed by atoms with Gasteiger partial charge in [-0.15, -0.1) is 0 Å². The first-order valence-corrected chi connectivity index (χ1v) is 11.0. The van der Waals surface area contributed by atoms with Gasteiger partial charge in [0.2, 0.25) is 10.0 Å². The number of anilines is 1. The minimum atomic E-state index is -3.34. The summed E-state index contributed by atoms with van der Waals surface area (Å²) in [4.78, 5) is 12.4. The molecule has 0 bridgehead atoms. The zero-order chi connectivity index (χ0) is 21.6. The second kappa shape index (κ2) is 9.65. The fourth-order valence-electron chi connectivity index (χ4n) is 2.63. The largest absolute Gasteiger partial charge is 0.493 e. The Labute approximate surface area is 172 Å². The number of amides is 1. The summed E-state index contributed by atoms with van der Waals surface area (Å²) in [5, 5.41) is 2.85. The van der Waals surface area contributed by atoms with Crippen LogP contribution in [0.15, 0.2) is 42.5 Å². The number of hydrogen-bond donors (Lipinski definition) is 1. The topological polar surface area (TPSA) is 84.9 Å². The van der Waals surface area contributed by atoms with E-state index < -0.39 is 10.0 Å². The van der Waals surface area contributed by atoms with E-state index in [0.717, 1.165) is 5.56 Å². The molecule has 0 saturated heterocycles. The van der Waals surface area contributed by atoms with Crippen molar-refractivity contribution in [1.82, 2.24) is 5.32 Å². The molecule has 2 rings (SSSR count). The van der Waals surface area contributed by atoms with Gasteiger partial charge < -0.3 is 14.8 Å². The summed E-state index contributed by atoms with van der Waals surface area (Å²) in [5.41, 5.74) is 1.83. The van der Waals surface area contributed by atoms with E-state index in [0.29, 0.717) is 29.3 Å². The second-order valence-electron chi connectivity index (χ2n) is 6.75. The molecule has 7 nitrogen and oxygen atoms in total. The number of nitrogens with zero attached hydrogens (tertiary/aromatic N) is 1. The summed E-state index contributed by atoms with van der Waals surface area (Å²) >= 11 is 0. The number of carbonyl (C=O) groups is 1. The van der Waals surface area contributed by atoms with Crippen molar-refractivity contribution in [3.8, 4) is 11.5 Å². The molecule has 29 heavy (non-hydrogen) atoms. The van der Waals surface area contributed by atoms with Gasteiger partial charge in [-0.2, -0.15) is 0 Å². The number of rotatable bonds is 9. The highest BCUT2D eigenvalue weighted by molar-refractivity contribution is 7.92. The molecule has 0 spiro atoms. The Morgan fingerprint density at radius 2 is 1.76 bits per heavy atom. The van der Waals surface area contributed by atoms with E-state index in [2.05, 4.69) is 5.32 Å². The van der Waals surface area contributed by atoms with Crippen LogP contribution < -0.4 is 19.1 Å². The van der Waals surface area contributed by atoms with Crippen molar-refractivity contribution in [2.24, 2.45) is 0 Å². The van der Waals surface area contributed by atoms with Crippen LogP contribution >= 0.6 is 0 Å². The lowest BCUT2D eigenvalue weighted by atomic mass is 10.1. The first-order chi connectivity index (χ1) is 13.7. The van der Waals surface area contributed by atoms with Gasteiger partial charge in [-0.25, -0.2) is 8.42 Å². The minimum Gasteiger partial charge on any atom is -0.493 e. The molecular weight excluding hydrogens is 392 g/mol. The highest BCUT2D eigenvalue weighted by Gasteiger charge is 2.16. The van der Waals surface area contributed by atoms with Crippen molar-refractivity contribution >= 4 is 21.6 Å². The normalized spacial score (nSPS) is 11.2. The van der Waals surface area contributed by atoms with Crippen molar-refractivity contribution in [3.05, 3.63) is 53.6 Å². The molecule has 2 aromatic carbocycles. The Morgan fingerprint density at radius 1 is 1.10 bits per heavy atom. The molecule has 0 saturated carbocycles. The highest BCUT2D eigenvalue weighted by Crippen LogP contribution is 2.29. The van der Waals surface area contributed by atoms with Crippen LogP contribution in [0, 0.1) is 0 Å². The fourth-order valence-corrected chi connectivity index (χ4v) is 3.46. The van der Waals surface area contributed by atoms with E-state index >= 15 is 0 Å². The standard InChI is InChI=1S/C21H28N2O5S/c1-6-29(25,26)23(4)18-10-8-17(9-11-18)21(24)22-14-16-7-12-19(28-15(2)3)20(13-16)27-5/h7-13,15H,6,14H2,1-5H3,(H,22,24). The van der Waals surface area contributed by atoms with Gasteiger partial charge in [-0.1, -0.05) is 6.07 Å². The van der Waals surface area contributed by atoms with Gasteiger partial charge in [-0.05, 0) is 62.7 Å². The monoisotopic (exact) mass is 420 g/mol. The zero-order valence-electron chi connectivity index (χ0n) is 17.4. The maximum Gasteiger partial charge on any atom is 0.251 e. The third-order valence-corrected chi connectivity index (χ3v) is 6.09. The maximum absolute atomic E-state index is 12.4. The fraction of sp³-hybridized carbons (Fsp3) is 0.381. The molecule has 8 heteroatoms. The number of sulfonamides is 1. The summed E-state index contributed by atoms with van der Waals surface area (Å²) in [7, 11) is -0.272. The Balaban J connectivity index is 2.04. The Bertz CT molecular complexity index is 940. The maximum atomic E-state index is 12.4. The molecule has 0 radical (unpaired) electrons. The number of carbonyl (C=O) groups excluding carboxylic acids is 1. The van der Waals surface area contributed by atoms with E-state index in [1.807, 2.05) is 32.0 Å². The van der Waals surface area contributed by atoms with E-state index in [-0.39, 0.29) is 17.8 Å². The summed E-state index contributed by atoms with van der Waals surface area (Å²) in [5.74, 6) is 1.02. The van der Waals surface area contributed by atoms with Crippen molar-refractivity contribution in [1.29, 1.82) is 0 Å². The van der Waals surface area contributed by atoms with Crippen LogP contribution in [0.2, 0.25) is 0 Å². The summed E-state index contributed by atoms with van der Waals surface area (Å²) in [6.07, 6.45) is 0.0313. The Morgan fingerprint density at radius 3 is 2.31 bits per heavy atom. The molecule has 0 fully saturated rings. The highest BCUT2D eigenvalue weighted by atomic mass is 32.2. The predicted molar refractivity (Wildman–Crippen MR) is 114 cm³/mol. The van der Waals surface area contributed by atoms with E-state index in [1.165, 1.54) is 11.4 Å². The molecule has 0 atom stereocenters. The van der Waals surface area contributed by atoms with E-state index in [4.69, 9.17) is 9.47 Å². The van der Waals surface area contributed by atoms with Crippen LogP contribution in [0.1, 0.15) is 36.7 Å². The van der Waals surface area contributed by atoms with Gasteiger partial charge in [-0.3, -0.25) is 9.10 Å². The first-order valence-electron chi connectivity index (χ1n) is 9.36. The third kappa shape index (κ3) is 5.87. The number of benzene rings is 2. The van der Waals surface area contributed by atoms with Crippen molar-refractivity contribution < 1.29 is 22.7 Å². The molecule has 0 aliphatic rings. The van der Waals surface area contributed by atoms with Gasteiger partial charge in [0.25, 0.3) is 5.91 Å². The quantitative estimate of drug-likeness (QED) is 0.673. The van der Waals surface area contributed by atoms with Gasteiger partial charge in [0.1, 0.15) is 0 Å². The molecule has 0 aromatic heterocycles. The molecule has 0 aliphatic heterocycles. The van der Waals surface area contributed by atoms with Gasteiger partial charge in [0, 0.05) is 19.2 Å². The molecule has 0 heterocycles. The molecule has 1 amide bonds. The molecule has 0 aliphatic carbocycles.